The molecular formula is C48H34N4Si. The quantitative estimate of drug-likeness (QED) is 0.172. The summed E-state index contributed by atoms with van der Waals surface area (Å²) in [7, 11) is -2.08. The molecule has 11 rings (SSSR count). The molecule has 0 radical (unpaired) electrons. The van der Waals surface area contributed by atoms with Gasteiger partial charge in [-0.25, -0.2) is 9.97 Å². The van der Waals surface area contributed by atoms with Crippen LogP contribution in [0.1, 0.15) is 0 Å². The molecule has 0 fully saturated rings. The number of aromatic nitrogens is 4. The highest BCUT2D eigenvalue weighted by Gasteiger charge is 2.41. The zero-order valence-corrected chi connectivity index (χ0v) is 30.5. The minimum absolute atomic E-state index is 0.784. The van der Waals surface area contributed by atoms with E-state index in [4.69, 9.17) is 9.97 Å². The van der Waals surface area contributed by atoms with Crippen molar-refractivity contribution in [1.82, 2.24) is 19.1 Å². The fourth-order valence-corrected chi connectivity index (χ4v) is 11.7. The number of rotatable bonds is 4. The van der Waals surface area contributed by atoms with Crippen molar-refractivity contribution in [1.29, 1.82) is 0 Å². The lowest BCUT2D eigenvalue weighted by atomic mass is 10.00. The van der Waals surface area contributed by atoms with E-state index in [1.165, 1.54) is 65.2 Å². The van der Waals surface area contributed by atoms with E-state index in [9.17, 15) is 0 Å². The van der Waals surface area contributed by atoms with E-state index < -0.39 is 8.07 Å². The summed E-state index contributed by atoms with van der Waals surface area (Å²) in [6.07, 6.45) is 0. The van der Waals surface area contributed by atoms with E-state index in [0.29, 0.717) is 0 Å². The molecule has 1 aliphatic rings. The number of fused-ring (bicyclic) bond motifs is 9. The third-order valence-corrected chi connectivity index (χ3v) is 14.6. The average Bonchev–Trinajstić information content (AvgIpc) is 3.80. The molecule has 0 amide bonds. The predicted molar refractivity (Wildman–Crippen MR) is 224 cm³/mol. The fraction of sp³-hybridized carbons (Fsp3) is 0.0417. The molecule has 0 aliphatic carbocycles. The van der Waals surface area contributed by atoms with Crippen molar-refractivity contribution in [3.05, 3.63) is 170 Å². The second-order valence-electron chi connectivity index (χ2n) is 14.6. The summed E-state index contributed by atoms with van der Waals surface area (Å²) in [5.74, 6) is 0.784. The van der Waals surface area contributed by atoms with Crippen LogP contribution >= 0.6 is 0 Å². The van der Waals surface area contributed by atoms with Crippen LogP contribution in [-0.2, 0) is 0 Å². The predicted octanol–water partition coefficient (Wildman–Crippen LogP) is 10.8. The fourth-order valence-electron chi connectivity index (χ4n) is 8.82. The molecule has 0 saturated heterocycles. The van der Waals surface area contributed by atoms with Crippen LogP contribution in [0.5, 0.6) is 0 Å². The van der Waals surface area contributed by atoms with Crippen molar-refractivity contribution in [3.63, 3.8) is 0 Å². The molecule has 0 N–H and O–H groups in total. The minimum Gasteiger partial charge on any atom is -0.309 e. The van der Waals surface area contributed by atoms with Crippen LogP contribution in [0.4, 0.5) is 0 Å². The van der Waals surface area contributed by atoms with Gasteiger partial charge in [0.15, 0.2) is 5.82 Å². The second-order valence-corrected chi connectivity index (χ2v) is 18.9. The zero-order chi connectivity index (χ0) is 35.3. The van der Waals surface area contributed by atoms with E-state index in [-0.39, 0.29) is 0 Å². The molecule has 0 saturated carbocycles. The number of nitrogens with zero attached hydrogens (tertiary/aromatic N) is 4. The summed E-state index contributed by atoms with van der Waals surface area (Å²) in [4.78, 5) is 10.8. The van der Waals surface area contributed by atoms with E-state index in [2.05, 4.69) is 192 Å². The monoisotopic (exact) mass is 694 g/mol. The number of hydrogen-bond donors (Lipinski definition) is 0. The molecule has 250 valence electrons. The molecule has 0 unspecified atom stereocenters. The molecular weight excluding hydrogens is 661 g/mol. The molecule has 7 aromatic carbocycles. The van der Waals surface area contributed by atoms with Crippen molar-refractivity contribution in [2.75, 3.05) is 0 Å². The Labute approximate surface area is 308 Å². The van der Waals surface area contributed by atoms with Crippen LogP contribution in [-0.4, -0.2) is 27.2 Å². The van der Waals surface area contributed by atoms with Crippen LogP contribution in [0.3, 0.4) is 0 Å². The maximum Gasteiger partial charge on any atom is 0.159 e. The maximum absolute atomic E-state index is 5.40. The number of benzene rings is 7. The van der Waals surface area contributed by atoms with Gasteiger partial charge in [-0.1, -0.05) is 134 Å². The summed E-state index contributed by atoms with van der Waals surface area (Å²) in [5, 5.41) is 7.58. The Hall–Kier alpha value is -6.56. The minimum atomic E-state index is -2.08. The molecule has 0 atom stereocenters. The smallest absolute Gasteiger partial charge is 0.159 e. The Balaban J connectivity index is 1.19. The molecule has 4 heterocycles. The average molecular weight is 695 g/mol. The first-order valence-electron chi connectivity index (χ1n) is 18.3. The summed E-state index contributed by atoms with van der Waals surface area (Å²) in [6.45, 7) is 4.85. The Kier molecular flexibility index (Phi) is 6.37. The van der Waals surface area contributed by atoms with Crippen molar-refractivity contribution in [2.24, 2.45) is 0 Å². The second kappa shape index (κ2) is 11.2. The topological polar surface area (TPSA) is 35.6 Å². The van der Waals surface area contributed by atoms with Gasteiger partial charge in [-0.2, -0.15) is 0 Å². The molecule has 1 aliphatic heterocycles. The largest absolute Gasteiger partial charge is 0.309 e. The summed E-state index contributed by atoms with van der Waals surface area (Å²) in [6, 6.07) is 61.3. The first-order valence-corrected chi connectivity index (χ1v) is 21.3. The lowest BCUT2D eigenvalue weighted by molar-refractivity contribution is 1.17. The Bertz CT molecular complexity index is 3080. The van der Waals surface area contributed by atoms with E-state index >= 15 is 0 Å². The van der Waals surface area contributed by atoms with E-state index in [1.807, 2.05) is 0 Å². The normalized spacial score (nSPS) is 13.2. The molecule has 10 aromatic rings. The third-order valence-electron chi connectivity index (χ3n) is 11.3. The van der Waals surface area contributed by atoms with Crippen LogP contribution in [0, 0.1) is 0 Å². The lowest BCUT2D eigenvalue weighted by Crippen LogP contribution is -2.50. The maximum atomic E-state index is 5.40. The Morgan fingerprint density at radius 3 is 1.68 bits per heavy atom. The van der Waals surface area contributed by atoms with Crippen LogP contribution in [0.25, 0.3) is 88.8 Å². The van der Waals surface area contributed by atoms with Gasteiger partial charge in [0, 0.05) is 54.9 Å². The van der Waals surface area contributed by atoms with Gasteiger partial charge in [0.2, 0.25) is 0 Å². The highest BCUT2D eigenvalue weighted by molar-refractivity contribution is 7.03. The van der Waals surface area contributed by atoms with E-state index in [0.717, 1.165) is 34.0 Å². The van der Waals surface area contributed by atoms with Crippen LogP contribution < -0.4 is 10.5 Å². The lowest BCUT2D eigenvalue weighted by Gasteiger charge is -2.19. The SMILES string of the molecule is C[Si]1(C)c2ccccc2-c2c(-c3cccc(-n4c5ccccc5c5cc6c(cc54)c4ccccc4n6-c4ccccc4)c3)nc(-c3ccccc3)nc21. The van der Waals surface area contributed by atoms with Gasteiger partial charge in [0.1, 0.15) is 8.07 Å². The first-order chi connectivity index (χ1) is 26.1. The highest BCUT2D eigenvalue weighted by Crippen LogP contribution is 2.41. The van der Waals surface area contributed by atoms with Gasteiger partial charge in [-0.3, -0.25) is 0 Å². The first kappa shape index (κ1) is 30.1. The Morgan fingerprint density at radius 1 is 0.434 bits per heavy atom. The van der Waals surface area contributed by atoms with Crippen LogP contribution in [0.2, 0.25) is 13.1 Å². The van der Waals surface area contributed by atoms with Crippen molar-refractivity contribution in [3.8, 4) is 45.1 Å². The van der Waals surface area contributed by atoms with Gasteiger partial charge in [-0.15, -0.1) is 0 Å². The zero-order valence-electron chi connectivity index (χ0n) is 29.5. The number of hydrogen-bond acceptors (Lipinski definition) is 2. The van der Waals surface area contributed by atoms with Crippen molar-refractivity contribution < 1.29 is 0 Å². The van der Waals surface area contributed by atoms with Crippen molar-refractivity contribution >= 4 is 62.2 Å². The molecule has 53 heavy (non-hydrogen) atoms. The Morgan fingerprint density at radius 2 is 0.981 bits per heavy atom. The summed E-state index contributed by atoms with van der Waals surface area (Å²) in [5.41, 5.74) is 12.6. The highest BCUT2D eigenvalue weighted by atomic mass is 28.3. The summed E-state index contributed by atoms with van der Waals surface area (Å²) >= 11 is 0. The van der Waals surface area contributed by atoms with Crippen molar-refractivity contribution in [2.45, 2.75) is 13.1 Å². The van der Waals surface area contributed by atoms with Gasteiger partial charge in [-0.05, 0) is 59.3 Å². The van der Waals surface area contributed by atoms with Crippen LogP contribution in [0.15, 0.2) is 170 Å². The molecule has 0 bridgehead atoms. The molecule has 0 spiro atoms. The standard InChI is InChI=1S/C48H34N4Si/c1-53(2)44-27-14-11-24-37(44)45-46(49-47(50-48(45)53)31-16-5-3-6-17-31)32-18-15-21-34(28-32)52-41-26-13-10-23-36(41)39-29-42-38(30-43(39)52)35-22-9-12-25-40(35)51(42)33-19-7-4-8-20-33/h3-30H,1-2H3. The van der Waals surface area contributed by atoms with E-state index in [1.54, 1.807) is 0 Å². The molecule has 5 heteroatoms. The molecule has 4 nitrogen and oxygen atoms in total. The number of para-hydroxylation sites is 3. The van der Waals surface area contributed by atoms with Gasteiger partial charge >= 0.3 is 0 Å². The van der Waals surface area contributed by atoms with Gasteiger partial charge in [0.05, 0.1) is 27.8 Å². The third kappa shape index (κ3) is 4.35. The van der Waals surface area contributed by atoms with Gasteiger partial charge < -0.3 is 9.13 Å². The van der Waals surface area contributed by atoms with Gasteiger partial charge in [0.25, 0.3) is 0 Å². The summed E-state index contributed by atoms with van der Waals surface area (Å²) < 4.78 is 4.84. The molecule has 3 aromatic heterocycles.